The van der Waals surface area contributed by atoms with Crippen LogP contribution in [-0.2, 0) is 15.8 Å². The highest BCUT2D eigenvalue weighted by Gasteiger charge is 2.12. The number of phenols is 1. The molecule has 0 saturated heterocycles. The van der Waals surface area contributed by atoms with Gasteiger partial charge in [0, 0.05) is 5.56 Å². The van der Waals surface area contributed by atoms with Crippen LogP contribution in [0.15, 0.2) is 18.2 Å². The fourth-order valence-corrected chi connectivity index (χ4v) is 1.73. The second-order valence-electron chi connectivity index (χ2n) is 2.78. The number of phenolic OH excluding ortho intramolecular Hbond substituents is 1. The standard InChI is InChI=1S/C8H11NO4S/c1-13-7-4-2-3-6(8(7)10)5-14(9,11)12/h2-4,10H,5H2,1H3,(H2,9,11,12). The van der Waals surface area contributed by atoms with Gasteiger partial charge >= 0.3 is 0 Å². The zero-order valence-electron chi connectivity index (χ0n) is 7.60. The monoisotopic (exact) mass is 217 g/mol. The van der Waals surface area contributed by atoms with Gasteiger partial charge in [-0.05, 0) is 6.07 Å². The maximum absolute atomic E-state index is 10.8. The van der Waals surface area contributed by atoms with Crippen molar-refractivity contribution in [2.75, 3.05) is 7.11 Å². The van der Waals surface area contributed by atoms with E-state index in [-0.39, 0.29) is 17.1 Å². The van der Waals surface area contributed by atoms with Crippen LogP contribution in [0.5, 0.6) is 11.5 Å². The van der Waals surface area contributed by atoms with Crippen LogP contribution < -0.4 is 9.88 Å². The molecule has 78 valence electrons. The second kappa shape index (κ2) is 3.85. The molecule has 0 aliphatic carbocycles. The van der Waals surface area contributed by atoms with Crippen molar-refractivity contribution >= 4 is 10.0 Å². The number of sulfonamides is 1. The average molecular weight is 217 g/mol. The van der Waals surface area contributed by atoms with Crippen LogP contribution >= 0.6 is 0 Å². The molecule has 0 aliphatic rings. The first-order valence-corrected chi connectivity index (χ1v) is 5.51. The second-order valence-corrected chi connectivity index (χ2v) is 4.39. The maximum Gasteiger partial charge on any atom is 0.213 e. The van der Waals surface area contributed by atoms with Crippen LogP contribution in [0.4, 0.5) is 0 Å². The quantitative estimate of drug-likeness (QED) is 0.756. The Morgan fingerprint density at radius 3 is 2.64 bits per heavy atom. The van der Waals surface area contributed by atoms with Crippen molar-refractivity contribution in [1.29, 1.82) is 0 Å². The molecule has 14 heavy (non-hydrogen) atoms. The molecule has 0 aliphatic heterocycles. The third-order valence-corrected chi connectivity index (χ3v) is 2.37. The summed E-state index contributed by atoms with van der Waals surface area (Å²) in [4.78, 5) is 0. The van der Waals surface area contributed by atoms with E-state index in [0.717, 1.165) is 0 Å². The molecular formula is C8H11NO4S. The van der Waals surface area contributed by atoms with Crippen LogP contribution in [0.3, 0.4) is 0 Å². The number of benzene rings is 1. The summed E-state index contributed by atoms with van der Waals surface area (Å²) < 4.78 is 26.4. The molecule has 0 saturated carbocycles. The zero-order valence-corrected chi connectivity index (χ0v) is 8.41. The Morgan fingerprint density at radius 2 is 2.14 bits per heavy atom. The van der Waals surface area contributed by atoms with Gasteiger partial charge in [-0.15, -0.1) is 0 Å². The number of hydrogen-bond donors (Lipinski definition) is 2. The molecule has 0 atom stereocenters. The minimum atomic E-state index is -3.64. The molecule has 1 rings (SSSR count). The van der Waals surface area contributed by atoms with Crippen molar-refractivity contribution in [3.8, 4) is 11.5 Å². The van der Waals surface area contributed by atoms with E-state index in [1.54, 1.807) is 6.07 Å². The van der Waals surface area contributed by atoms with Crippen molar-refractivity contribution in [2.24, 2.45) is 5.14 Å². The smallest absolute Gasteiger partial charge is 0.213 e. The van der Waals surface area contributed by atoms with Crippen molar-refractivity contribution < 1.29 is 18.3 Å². The van der Waals surface area contributed by atoms with Gasteiger partial charge in [-0.25, -0.2) is 13.6 Å². The van der Waals surface area contributed by atoms with Crippen LogP contribution in [-0.4, -0.2) is 20.6 Å². The number of ether oxygens (including phenoxy) is 1. The van der Waals surface area contributed by atoms with Crippen molar-refractivity contribution in [2.45, 2.75) is 5.75 Å². The number of hydrogen-bond acceptors (Lipinski definition) is 4. The van der Waals surface area contributed by atoms with E-state index in [0.29, 0.717) is 0 Å². The average Bonchev–Trinajstić information content (AvgIpc) is 2.06. The summed E-state index contributed by atoms with van der Waals surface area (Å²) in [6.07, 6.45) is 0. The number of primary sulfonamides is 1. The van der Waals surface area contributed by atoms with Crippen molar-refractivity contribution in [3.05, 3.63) is 23.8 Å². The fraction of sp³-hybridized carbons (Fsp3) is 0.250. The molecule has 0 bridgehead atoms. The lowest BCUT2D eigenvalue weighted by Gasteiger charge is -2.07. The van der Waals surface area contributed by atoms with Gasteiger partial charge in [-0.3, -0.25) is 0 Å². The van der Waals surface area contributed by atoms with Crippen LogP contribution in [0.1, 0.15) is 5.56 Å². The highest BCUT2D eigenvalue weighted by molar-refractivity contribution is 7.88. The van der Waals surface area contributed by atoms with E-state index < -0.39 is 15.8 Å². The Labute approximate surface area is 82.2 Å². The van der Waals surface area contributed by atoms with E-state index >= 15 is 0 Å². The minimum Gasteiger partial charge on any atom is -0.504 e. The number of para-hydroxylation sites is 1. The van der Waals surface area contributed by atoms with Gasteiger partial charge in [0.15, 0.2) is 11.5 Å². The van der Waals surface area contributed by atoms with E-state index in [1.165, 1.54) is 19.2 Å². The lowest BCUT2D eigenvalue weighted by molar-refractivity contribution is 0.371. The first-order valence-electron chi connectivity index (χ1n) is 3.79. The number of rotatable bonds is 3. The molecule has 5 nitrogen and oxygen atoms in total. The Morgan fingerprint density at radius 1 is 1.50 bits per heavy atom. The third-order valence-electron chi connectivity index (χ3n) is 1.66. The predicted octanol–water partition coefficient (Wildman–Crippen LogP) is 0.189. The van der Waals surface area contributed by atoms with Crippen LogP contribution in [0.2, 0.25) is 0 Å². The number of nitrogens with two attached hydrogens (primary N) is 1. The first-order chi connectivity index (χ1) is 6.44. The summed E-state index contributed by atoms with van der Waals surface area (Å²) in [5, 5.41) is 14.4. The van der Waals surface area contributed by atoms with Gasteiger partial charge < -0.3 is 9.84 Å². The molecule has 1 aromatic rings. The zero-order chi connectivity index (χ0) is 10.8. The molecule has 0 radical (unpaired) electrons. The molecule has 0 fully saturated rings. The normalized spacial score (nSPS) is 11.3. The van der Waals surface area contributed by atoms with Crippen LogP contribution in [0.25, 0.3) is 0 Å². The summed E-state index contributed by atoms with van der Waals surface area (Å²) in [5.74, 6) is -0.370. The molecule has 0 amide bonds. The van der Waals surface area contributed by atoms with Gasteiger partial charge in [0.05, 0.1) is 12.9 Å². The molecular weight excluding hydrogens is 206 g/mol. The molecule has 6 heteroatoms. The van der Waals surface area contributed by atoms with Crippen molar-refractivity contribution in [1.82, 2.24) is 0 Å². The van der Waals surface area contributed by atoms with E-state index in [4.69, 9.17) is 9.88 Å². The third kappa shape index (κ3) is 2.61. The molecule has 3 N–H and O–H groups in total. The maximum atomic E-state index is 10.8. The summed E-state index contributed by atoms with van der Waals surface area (Å²) in [6, 6.07) is 4.59. The molecule has 0 spiro atoms. The lowest BCUT2D eigenvalue weighted by atomic mass is 10.2. The van der Waals surface area contributed by atoms with Crippen molar-refractivity contribution in [3.63, 3.8) is 0 Å². The summed E-state index contributed by atoms with van der Waals surface area (Å²) in [6.45, 7) is 0. The minimum absolute atomic E-state index is 0.191. The topological polar surface area (TPSA) is 89.6 Å². The number of aromatic hydroxyl groups is 1. The Hall–Kier alpha value is -1.27. The summed E-state index contributed by atoms with van der Waals surface area (Å²) in [5.41, 5.74) is 0.229. The largest absolute Gasteiger partial charge is 0.504 e. The molecule has 1 aromatic carbocycles. The summed E-state index contributed by atoms with van der Waals surface area (Å²) >= 11 is 0. The number of methoxy groups -OCH3 is 1. The Kier molecular flexibility index (Phi) is 2.97. The first kappa shape index (κ1) is 10.8. The Balaban J connectivity index is 3.10. The van der Waals surface area contributed by atoms with Gasteiger partial charge in [0.2, 0.25) is 10.0 Å². The lowest BCUT2D eigenvalue weighted by Crippen LogP contribution is -2.14. The Bertz CT molecular complexity index is 427. The molecule has 0 unspecified atom stereocenters. The van der Waals surface area contributed by atoms with Gasteiger partial charge in [0.25, 0.3) is 0 Å². The van der Waals surface area contributed by atoms with E-state index in [9.17, 15) is 13.5 Å². The summed E-state index contributed by atoms with van der Waals surface area (Å²) in [7, 11) is -2.26. The predicted molar refractivity (Wildman–Crippen MR) is 51.5 cm³/mol. The fourth-order valence-electron chi connectivity index (χ4n) is 1.07. The van der Waals surface area contributed by atoms with Gasteiger partial charge in [0.1, 0.15) is 0 Å². The highest BCUT2D eigenvalue weighted by atomic mass is 32.2. The van der Waals surface area contributed by atoms with E-state index in [1.807, 2.05) is 0 Å². The van der Waals surface area contributed by atoms with E-state index in [2.05, 4.69) is 0 Å². The van der Waals surface area contributed by atoms with Crippen LogP contribution in [0, 0.1) is 0 Å². The molecule has 0 heterocycles. The van der Waals surface area contributed by atoms with Gasteiger partial charge in [-0.1, -0.05) is 12.1 Å². The highest BCUT2D eigenvalue weighted by Crippen LogP contribution is 2.29. The molecule has 0 aromatic heterocycles. The van der Waals surface area contributed by atoms with Gasteiger partial charge in [-0.2, -0.15) is 0 Å². The SMILES string of the molecule is COc1cccc(CS(N)(=O)=O)c1O.